The summed E-state index contributed by atoms with van der Waals surface area (Å²) in [5.41, 5.74) is 0.239. The highest BCUT2D eigenvalue weighted by Gasteiger charge is 2.15. The monoisotopic (exact) mass is 186 g/mol. The van der Waals surface area contributed by atoms with Gasteiger partial charge in [0.05, 0.1) is 5.73 Å². The van der Waals surface area contributed by atoms with Gasteiger partial charge in [-0.05, 0) is 19.3 Å². The Hall–Kier alpha value is -0.613. The van der Waals surface area contributed by atoms with Crippen LogP contribution in [0.5, 0.6) is 0 Å². The van der Waals surface area contributed by atoms with E-state index in [1.807, 2.05) is 0 Å². The second-order valence-electron chi connectivity index (χ2n) is 2.82. The number of hydrogen-bond donors (Lipinski definition) is 0. The molecule has 0 radical (unpaired) electrons. The number of ether oxygens (including phenoxy) is 1. The minimum atomic E-state index is -0.836. The summed E-state index contributed by atoms with van der Waals surface area (Å²) in [5, 5.41) is 0. The molecule has 0 N–H and O–H groups in total. The molecule has 0 spiro atoms. The third-order valence-corrected chi connectivity index (χ3v) is 3.32. The molecule has 1 saturated heterocycles. The number of hydrogen-bond acceptors (Lipinski definition) is 3. The average molecular weight is 186 g/mol. The Labute approximate surface area is 74.7 Å². The van der Waals surface area contributed by atoms with E-state index in [4.69, 9.17) is 9.16 Å². The summed E-state index contributed by atoms with van der Waals surface area (Å²) in [4.78, 5) is 10.7. The van der Waals surface area contributed by atoms with Crippen molar-refractivity contribution < 1.29 is 14.0 Å². The Kier molecular flexibility index (Phi) is 4.03. The van der Waals surface area contributed by atoms with Crippen LogP contribution in [0.2, 0.25) is 0 Å². The minimum Gasteiger partial charge on any atom is -0.519 e. The van der Waals surface area contributed by atoms with E-state index < -0.39 is 9.76 Å². The van der Waals surface area contributed by atoms with Crippen LogP contribution >= 0.6 is 0 Å². The molecule has 1 atom stereocenters. The Morgan fingerprint density at radius 3 is 3.08 bits per heavy atom. The molecule has 0 saturated carbocycles. The highest BCUT2D eigenvalue weighted by Crippen LogP contribution is 2.11. The first-order valence-electron chi connectivity index (χ1n) is 4.23. The third-order valence-electron chi connectivity index (χ3n) is 1.85. The molecule has 0 aliphatic carbocycles. The van der Waals surface area contributed by atoms with Gasteiger partial charge in [-0.2, -0.15) is 0 Å². The summed E-state index contributed by atoms with van der Waals surface area (Å²) in [7, 11) is -0.836. The van der Waals surface area contributed by atoms with Crippen molar-refractivity contribution >= 4 is 15.7 Å². The maximum atomic E-state index is 10.7. The molecule has 1 rings (SSSR count). The van der Waals surface area contributed by atoms with E-state index in [2.05, 4.69) is 6.58 Å². The zero-order valence-electron chi connectivity index (χ0n) is 7.12. The summed E-state index contributed by atoms with van der Waals surface area (Å²) in [6.07, 6.45) is 4.59. The molecule has 0 aromatic carbocycles. The molecule has 3 nitrogen and oxygen atoms in total. The van der Waals surface area contributed by atoms with Gasteiger partial charge in [0.2, 0.25) is 0 Å². The van der Waals surface area contributed by atoms with Gasteiger partial charge in [-0.3, -0.25) is 0 Å². The topological polar surface area (TPSA) is 35.5 Å². The molecule has 0 aromatic heterocycles. The van der Waals surface area contributed by atoms with E-state index in [1.165, 1.54) is 12.5 Å². The second kappa shape index (κ2) is 5.11. The second-order valence-corrected chi connectivity index (χ2v) is 4.36. The fourth-order valence-electron chi connectivity index (χ4n) is 1.17. The lowest BCUT2D eigenvalue weighted by molar-refractivity contribution is -0.129. The van der Waals surface area contributed by atoms with Crippen LogP contribution in [0.25, 0.3) is 0 Å². The van der Waals surface area contributed by atoms with Crippen molar-refractivity contribution in [3.05, 3.63) is 12.7 Å². The Morgan fingerprint density at radius 1 is 1.67 bits per heavy atom. The Morgan fingerprint density at radius 2 is 2.50 bits per heavy atom. The summed E-state index contributed by atoms with van der Waals surface area (Å²) in [6.45, 7) is 4.15. The van der Waals surface area contributed by atoms with Gasteiger partial charge in [0.15, 0.2) is 0 Å². The highest BCUT2D eigenvalue weighted by atomic mass is 28.2. The van der Waals surface area contributed by atoms with Crippen molar-refractivity contribution in [2.24, 2.45) is 0 Å². The zero-order chi connectivity index (χ0) is 8.81. The van der Waals surface area contributed by atoms with Gasteiger partial charge in [-0.1, -0.05) is 6.58 Å². The van der Waals surface area contributed by atoms with Gasteiger partial charge in [0, 0.05) is 12.7 Å². The largest absolute Gasteiger partial charge is 0.519 e. The van der Waals surface area contributed by atoms with Crippen LogP contribution in [0.3, 0.4) is 0 Å². The fourth-order valence-corrected chi connectivity index (χ4v) is 2.36. The first-order chi connectivity index (χ1) is 5.83. The number of carbonyl (C=O) groups is 1. The molecular formula is C8H14O3Si. The maximum absolute atomic E-state index is 10.7. The Balaban J connectivity index is 2.12. The van der Waals surface area contributed by atoms with Gasteiger partial charge >= 0.3 is 5.97 Å². The van der Waals surface area contributed by atoms with Crippen LogP contribution in [0.4, 0.5) is 0 Å². The number of rotatable bonds is 3. The van der Waals surface area contributed by atoms with E-state index >= 15 is 0 Å². The normalized spacial score (nSPS) is 24.2. The van der Waals surface area contributed by atoms with Crippen LogP contribution in [0.1, 0.15) is 19.3 Å². The third kappa shape index (κ3) is 3.19. The first-order valence-corrected chi connectivity index (χ1v) is 5.63. The molecule has 1 aliphatic rings. The lowest BCUT2D eigenvalue weighted by atomic mass is 10.2. The summed E-state index contributed by atoms with van der Waals surface area (Å²) in [6, 6.07) is 0. The number of carbonyl (C=O) groups excluding carboxylic acids is 1. The molecule has 1 unspecified atom stereocenters. The van der Waals surface area contributed by atoms with Crippen LogP contribution in [0.15, 0.2) is 12.7 Å². The SMILES string of the molecule is C=CC(=O)O[SiH2]C1CCCCO1. The molecule has 0 amide bonds. The minimum absolute atomic E-state index is 0.239. The van der Waals surface area contributed by atoms with Crippen LogP contribution < -0.4 is 0 Å². The fraction of sp³-hybridized carbons (Fsp3) is 0.625. The van der Waals surface area contributed by atoms with E-state index in [1.54, 1.807) is 0 Å². The molecule has 1 fully saturated rings. The quantitative estimate of drug-likeness (QED) is 0.470. The van der Waals surface area contributed by atoms with E-state index in [0.29, 0.717) is 0 Å². The first kappa shape index (κ1) is 9.47. The molecule has 68 valence electrons. The van der Waals surface area contributed by atoms with Gasteiger partial charge in [-0.25, -0.2) is 4.79 Å². The summed E-state index contributed by atoms with van der Waals surface area (Å²) in [5.74, 6) is -0.309. The van der Waals surface area contributed by atoms with E-state index in [-0.39, 0.29) is 11.7 Å². The molecule has 4 heteroatoms. The molecular weight excluding hydrogens is 172 g/mol. The molecule has 1 heterocycles. The standard InChI is InChI=1S/C8H14O3Si/c1-2-7(9)11-12-8-5-3-4-6-10-8/h2,8H,1,3-6,12H2. The average Bonchev–Trinajstić information content (AvgIpc) is 2.16. The lowest BCUT2D eigenvalue weighted by Crippen LogP contribution is -2.28. The van der Waals surface area contributed by atoms with Crippen LogP contribution in [-0.4, -0.2) is 28.1 Å². The van der Waals surface area contributed by atoms with Crippen molar-refractivity contribution in [2.75, 3.05) is 6.61 Å². The zero-order valence-corrected chi connectivity index (χ0v) is 8.54. The van der Waals surface area contributed by atoms with Gasteiger partial charge in [0.25, 0.3) is 9.76 Å². The van der Waals surface area contributed by atoms with E-state index in [0.717, 1.165) is 19.4 Å². The van der Waals surface area contributed by atoms with Crippen molar-refractivity contribution in [2.45, 2.75) is 25.0 Å². The van der Waals surface area contributed by atoms with Gasteiger partial charge < -0.3 is 9.16 Å². The predicted molar refractivity (Wildman–Crippen MR) is 48.4 cm³/mol. The van der Waals surface area contributed by atoms with E-state index in [9.17, 15) is 4.79 Å². The van der Waals surface area contributed by atoms with Crippen molar-refractivity contribution in [1.29, 1.82) is 0 Å². The molecule has 0 aromatic rings. The van der Waals surface area contributed by atoms with Crippen LogP contribution in [-0.2, 0) is 14.0 Å². The lowest BCUT2D eigenvalue weighted by Gasteiger charge is -2.21. The maximum Gasteiger partial charge on any atom is 0.316 e. The predicted octanol–water partition coefficient (Wildman–Crippen LogP) is 0.326. The molecule has 1 aliphatic heterocycles. The summed E-state index contributed by atoms with van der Waals surface area (Å²) < 4.78 is 10.4. The molecule has 0 bridgehead atoms. The van der Waals surface area contributed by atoms with Crippen molar-refractivity contribution in [3.8, 4) is 0 Å². The van der Waals surface area contributed by atoms with Gasteiger partial charge in [0.1, 0.15) is 0 Å². The summed E-state index contributed by atoms with van der Waals surface area (Å²) >= 11 is 0. The smallest absolute Gasteiger partial charge is 0.316 e. The Bertz CT molecular complexity index is 164. The van der Waals surface area contributed by atoms with Crippen molar-refractivity contribution in [3.63, 3.8) is 0 Å². The highest BCUT2D eigenvalue weighted by molar-refractivity contribution is 6.32. The van der Waals surface area contributed by atoms with Gasteiger partial charge in [-0.15, -0.1) is 0 Å². The molecule has 12 heavy (non-hydrogen) atoms. The van der Waals surface area contributed by atoms with Crippen molar-refractivity contribution in [1.82, 2.24) is 0 Å². The van der Waals surface area contributed by atoms with Crippen LogP contribution in [0, 0.1) is 0 Å².